The average molecular weight is 179 g/mol. The lowest BCUT2D eigenvalue weighted by Gasteiger charge is -2.29. The van der Waals surface area contributed by atoms with E-state index in [1.165, 1.54) is 0 Å². The van der Waals surface area contributed by atoms with Crippen LogP contribution in [-0.4, -0.2) is 17.6 Å². The number of hydrogen-bond donors (Lipinski definition) is 1. The molecular weight excluding hydrogens is 171 g/mol. The van der Waals surface area contributed by atoms with Crippen LogP contribution in [0.25, 0.3) is 0 Å². The van der Waals surface area contributed by atoms with Crippen LogP contribution in [0.5, 0.6) is 0 Å². The molecule has 2 rings (SSSR count). The second kappa shape index (κ2) is 1.95. The first-order valence-corrected chi connectivity index (χ1v) is 3.83. The normalized spacial score (nSPS) is 40.2. The van der Waals surface area contributed by atoms with Crippen molar-refractivity contribution >= 4 is 5.91 Å². The lowest BCUT2D eigenvalue weighted by Crippen LogP contribution is -2.54. The Kier molecular flexibility index (Phi) is 1.28. The summed E-state index contributed by atoms with van der Waals surface area (Å²) in [6.07, 6.45) is -3.92. The van der Waals surface area contributed by atoms with Gasteiger partial charge in [-0.05, 0) is 19.3 Å². The maximum atomic E-state index is 12.4. The number of nitrogens with one attached hydrogen (secondary N) is 1. The molecule has 68 valence electrons. The van der Waals surface area contributed by atoms with Crippen LogP contribution in [0.4, 0.5) is 13.2 Å². The Morgan fingerprint density at radius 3 is 2.42 bits per heavy atom. The maximum Gasteiger partial charge on any atom is 0.411 e. The number of fused-ring (bicyclic) bond motifs is 2. The molecular formula is C7H8F3NO. The summed E-state index contributed by atoms with van der Waals surface area (Å²) < 4.78 is 37.2. The molecule has 2 aliphatic rings. The van der Waals surface area contributed by atoms with Crippen molar-refractivity contribution in [2.45, 2.75) is 31.0 Å². The Balaban J connectivity index is 2.30. The molecule has 2 fully saturated rings. The zero-order valence-corrected chi connectivity index (χ0v) is 6.24. The van der Waals surface area contributed by atoms with Gasteiger partial charge in [-0.1, -0.05) is 0 Å². The van der Waals surface area contributed by atoms with Crippen molar-refractivity contribution in [1.82, 2.24) is 5.32 Å². The first kappa shape index (κ1) is 7.89. The van der Waals surface area contributed by atoms with Crippen LogP contribution in [0.1, 0.15) is 19.3 Å². The third-order valence-electron chi connectivity index (χ3n) is 2.79. The summed E-state index contributed by atoms with van der Waals surface area (Å²) >= 11 is 0. The molecule has 1 N–H and O–H groups in total. The Hall–Kier alpha value is -0.740. The van der Waals surface area contributed by atoms with E-state index in [1.54, 1.807) is 0 Å². The third kappa shape index (κ3) is 0.791. The second-order valence-corrected chi connectivity index (χ2v) is 3.51. The first-order valence-electron chi connectivity index (χ1n) is 3.83. The number of carbonyl (C=O) groups excluding carboxylic acids is 1. The summed E-state index contributed by atoms with van der Waals surface area (Å²) in [4.78, 5) is 10.9. The minimum absolute atomic E-state index is 0.0485. The molecule has 2 nitrogen and oxygen atoms in total. The Labute approximate surface area is 67.1 Å². The van der Waals surface area contributed by atoms with Gasteiger partial charge in [0, 0.05) is 5.92 Å². The van der Waals surface area contributed by atoms with Crippen molar-refractivity contribution < 1.29 is 18.0 Å². The quantitative estimate of drug-likeness (QED) is 0.595. The molecule has 2 atom stereocenters. The van der Waals surface area contributed by atoms with Gasteiger partial charge in [-0.3, -0.25) is 4.79 Å². The molecule has 2 unspecified atom stereocenters. The van der Waals surface area contributed by atoms with Gasteiger partial charge in [0.05, 0.1) is 0 Å². The van der Waals surface area contributed by atoms with Gasteiger partial charge in [0.2, 0.25) is 5.91 Å². The van der Waals surface area contributed by atoms with Gasteiger partial charge < -0.3 is 5.32 Å². The van der Waals surface area contributed by atoms with Crippen molar-refractivity contribution in [3.8, 4) is 0 Å². The fraction of sp³-hybridized carbons (Fsp3) is 0.857. The first-order chi connectivity index (χ1) is 5.45. The minimum Gasteiger partial charge on any atom is -0.342 e. The summed E-state index contributed by atoms with van der Waals surface area (Å²) in [7, 11) is 0. The van der Waals surface area contributed by atoms with E-state index in [0.717, 1.165) is 0 Å². The van der Waals surface area contributed by atoms with E-state index in [4.69, 9.17) is 0 Å². The van der Waals surface area contributed by atoms with Gasteiger partial charge in [-0.2, -0.15) is 13.2 Å². The van der Waals surface area contributed by atoms with Crippen molar-refractivity contribution in [2.24, 2.45) is 5.92 Å². The van der Waals surface area contributed by atoms with Gasteiger partial charge in [0.25, 0.3) is 0 Å². The fourth-order valence-electron chi connectivity index (χ4n) is 2.05. The summed E-state index contributed by atoms with van der Waals surface area (Å²) in [6, 6.07) is 0. The standard InChI is InChI=1S/C7H8F3NO/c8-7(9,10)6-2-1-4(3-6)5(12)11-6/h4H,1-3H2,(H,11,12). The lowest BCUT2D eigenvalue weighted by molar-refractivity contribution is -0.192. The molecule has 5 heteroatoms. The van der Waals surface area contributed by atoms with Gasteiger partial charge in [0.15, 0.2) is 0 Å². The molecule has 1 amide bonds. The Bertz CT molecular complexity index is 237. The minimum atomic E-state index is -4.28. The van der Waals surface area contributed by atoms with Crippen LogP contribution in [0, 0.1) is 5.92 Å². The van der Waals surface area contributed by atoms with Gasteiger partial charge in [-0.15, -0.1) is 0 Å². The average Bonchev–Trinajstić information content (AvgIpc) is 2.42. The van der Waals surface area contributed by atoms with Crippen LogP contribution in [0.15, 0.2) is 0 Å². The monoisotopic (exact) mass is 179 g/mol. The number of halogens is 3. The molecule has 1 heterocycles. The smallest absolute Gasteiger partial charge is 0.342 e. The molecule has 1 aliphatic carbocycles. The highest BCUT2D eigenvalue weighted by Crippen LogP contribution is 2.49. The molecule has 0 radical (unpaired) electrons. The highest BCUT2D eigenvalue weighted by atomic mass is 19.4. The van der Waals surface area contributed by atoms with Crippen LogP contribution in [0.2, 0.25) is 0 Å². The zero-order chi connectivity index (χ0) is 8.98. The molecule has 2 bridgehead atoms. The van der Waals surface area contributed by atoms with E-state index in [1.807, 2.05) is 5.32 Å². The van der Waals surface area contributed by atoms with E-state index in [9.17, 15) is 18.0 Å². The van der Waals surface area contributed by atoms with Crippen LogP contribution in [-0.2, 0) is 4.79 Å². The van der Waals surface area contributed by atoms with Crippen LogP contribution >= 0.6 is 0 Å². The molecule has 0 aromatic carbocycles. The van der Waals surface area contributed by atoms with E-state index >= 15 is 0 Å². The Morgan fingerprint density at radius 1 is 1.50 bits per heavy atom. The predicted octanol–water partition coefficient (Wildman–Crippen LogP) is 1.22. The largest absolute Gasteiger partial charge is 0.411 e. The fourth-order valence-corrected chi connectivity index (χ4v) is 2.05. The number of amides is 1. The molecule has 0 aromatic rings. The van der Waals surface area contributed by atoms with Crippen molar-refractivity contribution in [1.29, 1.82) is 0 Å². The van der Waals surface area contributed by atoms with E-state index in [0.29, 0.717) is 6.42 Å². The highest BCUT2D eigenvalue weighted by molar-refractivity contribution is 5.83. The number of alkyl halides is 3. The highest BCUT2D eigenvalue weighted by Gasteiger charge is 2.64. The molecule has 1 saturated carbocycles. The summed E-state index contributed by atoms with van der Waals surface area (Å²) in [5.74, 6) is -0.829. The molecule has 1 aliphatic heterocycles. The topological polar surface area (TPSA) is 29.1 Å². The van der Waals surface area contributed by atoms with E-state index < -0.39 is 23.5 Å². The third-order valence-corrected chi connectivity index (χ3v) is 2.79. The molecule has 12 heavy (non-hydrogen) atoms. The predicted molar refractivity (Wildman–Crippen MR) is 34.3 cm³/mol. The number of carbonyl (C=O) groups is 1. The van der Waals surface area contributed by atoms with Gasteiger partial charge in [0.1, 0.15) is 5.54 Å². The number of hydrogen-bond acceptors (Lipinski definition) is 1. The molecule has 0 aromatic heterocycles. The Morgan fingerprint density at radius 2 is 2.17 bits per heavy atom. The van der Waals surface area contributed by atoms with E-state index in [-0.39, 0.29) is 12.8 Å². The molecule has 0 spiro atoms. The number of piperidine rings is 1. The maximum absolute atomic E-state index is 12.4. The van der Waals surface area contributed by atoms with E-state index in [2.05, 4.69) is 0 Å². The number of rotatable bonds is 0. The van der Waals surface area contributed by atoms with Crippen molar-refractivity contribution in [3.05, 3.63) is 0 Å². The summed E-state index contributed by atoms with van der Waals surface area (Å²) in [5, 5.41) is 2.04. The van der Waals surface area contributed by atoms with Crippen molar-refractivity contribution in [3.63, 3.8) is 0 Å². The van der Waals surface area contributed by atoms with Crippen LogP contribution in [0.3, 0.4) is 0 Å². The van der Waals surface area contributed by atoms with Gasteiger partial charge in [-0.25, -0.2) is 0 Å². The summed E-state index contributed by atoms with van der Waals surface area (Å²) in [5.41, 5.74) is -1.88. The molecule has 1 saturated heterocycles. The second-order valence-electron chi connectivity index (χ2n) is 3.51. The van der Waals surface area contributed by atoms with Crippen molar-refractivity contribution in [2.75, 3.05) is 0 Å². The van der Waals surface area contributed by atoms with Crippen LogP contribution < -0.4 is 5.32 Å². The lowest BCUT2D eigenvalue weighted by atomic mass is 9.99. The summed E-state index contributed by atoms with van der Waals surface area (Å²) in [6.45, 7) is 0. The SMILES string of the molecule is O=C1NC2(C(F)(F)F)CCC1C2. The zero-order valence-electron chi connectivity index (χ0n) is 6.24. The van der Waals surface area contributed by atoms with Gasteiger partial charge >= 0.3 is 6.18 Å².